The Hall–Kier alpha value is -3.02. The van der Waals surface area contributed by atoms with Crippen molar-refractivity contribution >= 4 is 5.69 Å². The van der Waals surface area contributed by atoms with Gasteiger partial charge in [-0.2, -0.15) is 5.10 Å². The first-order valence-corrected chi connectivity index (χ1v) is 7.22. The second-order valence-electron chi connectivity index (χ2n) is 4.92. The summed E-state index contributed by atoms with van der Waals surface area (Å²) < 4.78 is 10.4. The van der Waals surface area contributed by atoms with Gasteiger partial charge in [0.2, 0.25) is 0 Å². The SMILES string of the molecule is COc1ccc(NCc2nc(-c3cccc(OC)c3)n[nH]2)cc1. The van der Waals surface area contributed by atoms with Crippen molar-refractivity contribution in [3.63, 3.8) is 0 Å². The molecule has 0 saturated carbocycles. The van der Waals surface area contributed by atoms with Crippen molar-refractivity contribution in [3.05, 3.63) is 54.4 Å². The molecule has 0 amide bonds. The van der Waals surface area contributed by atoms with E-state index in [-0.39, 0.29) is 0 Å². The fourth-order valence-corrected chi connectivity index (χ4v) is 2.16. The van der Waals surface area contributed by atoms with Gasteiger partial charge in [0.15, 0.2) is 5.82 Å². The number of hydrogen-bond donors (Lipinski definition) is 2. The quantitative estimate of drug-likeness (QED) is 0.732. The molecule has 2 N–H and O–H groups in total. The number of nitrogens with one attached hydrogen (secondary N) is 2. The lowest BCUT2D eigenvalue weighted by atomic mass is 10.2. The van der Waals surface area contributed by atoms with Crippen LogP contribution in [0.1, 0.15) is 5.82 Å². The van der Waals surface area contributed by atoms with Crippen molar-refractivity contribution in [2.24, 2.45) is 0 Å². The van der Waals surface area contributed by atoms with Crippen LogP contribution in [0, 0.1) is 0 Å². The molecule has 6 heteroatoms. The third-order valence-corrected chi connectivity index (χ3v) is 3.41. The normalized spacial score (nSPS) is 10.3. The lowest BCUT2D eigenvalue weighted by Crippen LogP contribution is -2.01. The van der Waals surface area contributed by atoms with E-state index >= 15 is 0 Å². The smallest absolute Gasteiger partial charge is 0.181 e. The van der Waals surface area contributed by atoms with Gasteiger partial charge < -0.3 is 14.8 Å². The molecule has 0 fully saturated rings. The van der Waals surface area contributed by atoms with Crippen LogP contribution in [-0.2, 0) is 6.54 Å². The number of methoxy groups -OCH3 is 2. The average molecular weight is 310 g/mol. The molecular weight excluding hydrogens is 292 g/mol. The minimum atomic E-state index is 0.559. The molecule has 0 unspecified atom stereocenters. The number of H-pyrrole nitrogens is 1. The molecule has 0 atom stereocenters. The molecule has 0 bridgehead atoms. The number of ether oxygens (including phenoxy) is 2. The van der Waals surface area contributed by atoms with E-state index in [0.717, 1.165) is 28.6 Å². The highest BCUT2D eigenvalue weighted by molar-refractivity contribution is 5.57. The first-order valence-electron chi connectivity index (χ1n) is 7.22. The van der Waals surface area contributed by atoms with Gasteiger partial charge in [-0.3, -0.25) is 5.10 Å². The van der Waals surface area contributed by atoms with Gasteiger partial charge in [0.1, 0.15) is 17.3 Å². The zero-order valence-corrected chi connectivity index (χ0v) is 13.0. The highest BCUT2D eigenvalue weighted by Crippen LogP contribution is 2.21. The van der Waals surface area contributed by atoms with Gasteiger partial charge >= 0.3 is 0 Å². The van der Waals surface area contributed by atoms with E-state index in [0.29, 0.717) is 12.4 Å². The maximum absolute atomic E-state index is 5.22. The van der Waals surface area contributed by atoms with E-state index in [1.165, 1.54) is 0 Å². The standard InChI is InChI=1S/C17H18N4O2/c1-22-14-8-6-13(7-9-14)18-11-16-19-17(21-20-16)12-4-3-5-15(10-12)23-2/h3-10,18H,11H2,1-2H3,(H,19,20,21). The van der Waals surface area contributed by atoms with E-state index in [4.69, 9.17) is 9.47 Å². The summed E-state index contributed by atoms with van der Waals surface area (Å²) in [6.07, 6.45) is 0. The summed E-state index contributed by atoms with van der Waals surface area (Å²) in [5.41, 5.74) is 1.90. The zero-order chi connectivity index (χ0) is 16.1. The van der Waals surface area contributed by atoms with Gasteiger partial charge in [0.25, 0.3) is 0 Å². The molecule has 0 aliphatic rings. The Bertz CT molecular complexity index is 768. The molecule has 118 valence electrons. The predicted octanol–water partition coefficient (Wildman–Crippen LogP) is 3.10. The van der Waals surface area contributed by atoms with Gasteiger partial charge in [-0.15, -0.1) is 0 Å². The molecule has 3 rings (SSSR count). The van der Waals surface area contributed by atoms with Gasteiger partial charge in [-0.25, -0.2) is 4.98 Å². The second-order valence-corrected chi connectivity index (χ2v) is 4.92. The first kappa shape index (κ1) is 14.9. The van der Waals surface area contributed by atoms with Crippen LogP contribution in [0.4, 0.5) is 5.69 Å². The summed E-state index contributed by atoms with van der Waals surface area (Å²) in [5, 5.41) is 10.5. The monoisotopic (exact) mass is 310 g/mol. The Morgan fingerprint density at radius 3 is 2.52 bits per heavy atom. The van der Waals surface area contributed by atoms with Crippen LogP contribution in [0.15, 0.2) is 48.5 Å². The number of rotatable bonds is 6. The minimum absolute atomic E-state index is 0.559. The number of benzene rings is 2. The average Bonchev–Trinajstić information content (AvgIpc) is 3.09. The summed E-state index contributed by atoms with van der Waals surface area (Å²) in [5.74, 6) is 3.02. The fraction of sp³-hybridized carbons (Fsp3) is 0.176. The van der Waals surface area contributed by atoms with Crippen molar-refractivity contribution in [2.45, 2.75) is 6.54 Å². The van der Waals surface area contributed by atoms with Crippen molar-refractivity contribution in [3.8, 4) is 22.9 Å². The lowest BCUT2D eigenvalue weighted by molar-refractivity contribution is 0.415. The molecule has 0 spiro atoms. The van der Waals surface area contributed by atoms with E-state index in [2.05, 4.69) is 20.5 Å². The van der Waals surface area contributed by atoms with Crippen LogP contribution in [0.5, 0.6) is 11.5 Å². The van der Waals surface area contributed by atoms with E-state index in [9.17, 15) is 0 Å². The number of aromatic nitrogens is 3. The third-order valence-electron chi connectivity index (χ3n) is 3.41. The van der Waals surface area contributed by atoms with Crippen LogP contribution in [0.2, 0.25) is 0 Å². The van der Waals surface area contributed by atoms with Crippen molar-refractivity contribution in [1.82, 2.24) is 15.2 Å². The Balaban J connectivity index is 1.66. The summed E-state index contributed by atoms with van der Waals surface area (Å²) in [7, 11) is 3.29. The van der Waals surface area contributed by atoms with Crippen LogP contribution in [-0.4, -0.2) is 29.4 Å². The van der Waals surface area contributed by atoms with E-state index in [1.807, 2.05) is 48.5 Å². The molecule has 6 nitrogen and oxygen atoms in total. The number of anilines is 1. The van der Waals surface area contributed by atoms with Crippen molar-refractivity contribution < 1.29 is 9.47 Å². The van der Waals surface area contributed by atoms with Crippen LogP contribution in [0.25, 0.3) is 11.4 Å². The summed E-state index contributed by atoms with van der Waals surface area (Å²) >= 11 is 0. The maximum Gasteiger partial charge on any atom is 0.181 e. The Kier molecular flexibility index (Phi) is 4.42. The molecule has 1 heterocycles. The van der Waals surface area contributed by atoms with E-state index in [1.54, 1.807) is 14.2 Å². The first-order chi connectivity index (χ1) is 11.3. The van der Waals surface area contributed by atoms with Crippen molar-refractivity contribution in [2.75, 3.05) is 19.5 Å². The highest BCUT2D eigenvalue weighted by Gasteiger charge is 2.07. The number of hydrogen-bond acceptors (Lipinski definition) is 5. The summed E-state index contributed by atoms with van der Waals surface area (Å²) in [6.45, 7) is 0.559. The van der Waals surface area contributed by atoms with Crippen LogP contribution < -0.4 is 14.8 Å². The molecule has 3 aromatic rings. The summed E-state index contributed by atoms with van der Waals surface area (Å²) in [6, 6.07) is 15.4. The Morgan fingerprint density at radius 2 is 1.78 bits per heavy atom. The Morgan fingerprint density at radius 1 is 1.00 bits per heavy atom. The molecule has 0 saturated heterocycles. The number of aromatic amines is 1. The molecular formula is C17H18N4O2. The molecule has 0 radical (unpaired) electrons. The molecule has 2 aromatic carbocycles. The lowest BCUT2D eigenvalue weighted by Gasteiger charge is -2.05. The van der Waals surface area contributed by atoms with Gasteiger partial charge in [-0.05, 0) is 36.4 Å². The zero-order valence-electron chi connectivity index (χ0n) is 13.0. The van der Waals surface area contributed by atoms with E-state index < -0.39 is 0 Å². The largest absolute Gasteiger partial charge is 0.497 e. The maximum atomic E-state index is 5.22. The Labute approximate surface area is 134 Å². The molecule has 23 heavy (non-hydrogen) atoms. The predicted molar refractivity (Wildman–Crippen MR) is 88.7 cm³/mol. The van der Waals surface area contributed by atoms with Gasteiger partial charge in [0, 0.05) is 11.3 Å². The van der Waals surface area contributed by atoms with Crippen LogP contribution >= 0.6 is 0 Å². The molecule has 0 aliphatic carbocycles. The minimum Gasteiger partial charge on any atom is -0.497 e. The third kappa shape index (κ3) is 3.60. The van der Waals surface area contributed by atoms with Crippen molar-refractivity contribution in [1.29, 1.82) is 0 Å². The topological polar surface area (TPSA) is 72.1 Å². The van der Waals surface area contributed by atoms with Crippen LogP contribution in [0.3, 0.4) is 0 Å². The molecule has 0 aliphatic heterocycles. The van der Waals surface area contributed by atoms with Gasteiger partial charge in [-0.1, -0.05) is 12.1 Å². The summed E-state index contributed by atoms with van der Waals surface area (Å²) in [4.78, 5) is 4.50. The second kappa shape index (κ2) is 6.83. The highest BCUT2D eigenvalue weighted by atomic mass is 16.5. The molecule has 1 aromatic heterocycles. The number of nitrogens with zero attached hydrogens (tertiary/aromatic N) is 2. The fourth-order valence-electron chi connectivity index (χ4n) is 2.16. The van der Waals surface area contributed by atoms with Gasteiger partial charge in [0.05, 0.1) is 20.8 Å².